The molecular weight excluding hydrogens is 230 g/mol. The van der Waals surface area contributed by atoms with Gasteiger partial charge in [0, 0.05) is 17.5 Å². The monoisotopic (exact) mass is 241 g/mol. The van der Waals surface area contributed by atoms with Crippen LogP contribution in [0.4, 0.5) is 0 Å². The Labute approximate surface area is 86.2 Å². The Morgan fingerprint density at radius 2 is 2.38 bits per heavy atom. The number of hydrogen-bond acceptors (Lipinski definition) is 2. The highest BCUT2D eigenvalue weighted by Gasteiger charge is 2.28. The molecule has 0 saturated heterocycles. The third kappa shape index (κ3) is 1.46. The molecule has 2 atom stereocenters. The van der Waals surface area contributed by atoms with Crippen molar-refractivity contribution in [1.82, 2.24) is 0 Å². The van der Waals surface area contributed by atoms with Gasteiger partial charge in [-0.05, 0) is 28.9 Å². The first kappa shape index (κ1) is 9.03. The number of nitrogens with two attached hydrogens (primary N) is 1. The number of para-hydroxylation sites is 1. The van der Waals surface area contributed by atoms with E-state index in [0.717, 1.165) is 10.2 Å². The van der Waals surface area contributed by atoms with Gasteiger partial charge in [0.2, 0.25) is 0 Å². The van der Waals surface area contributed by atoms with Crippen molar-refractivity contribution in [2.75, 3.05) is 6.61 Å². The Bertz CT molecular complexity index is 325. The summed E-state index contributed by atoms with van der Waals surface area (Å²) in [6.45, 7) is 2.72. The predicted octanol–water partition coefficient (Wildman–Crippen LogP) is 2.27. The Balaban J connectivity index is 2.43. The van der Waals surface area contributed by atoms with Gasteiger partial charge in [0.25, 0.3) is 0 Å². The zero-order valence-electron chi connectivity index (χ0n) is 7.46. The Morgan fingerprint density at radius 1 is 1.62 bits per heavy atom. The first-order valence-electron chi connectivity index (χ1n) is 4.37. The predicted molar refractivity (Wildman–Crippen MR) is 56.0 cm³/mol. The van der Waals surface area contributed by atoms with E-state index in [1.54, 1.807) is 0 Å². The van der Waals surface area contributed by atoms with Gasteiger partial charge in [-0.1, -0.05) is 12.1 Å². The first-order valence-corrected chi connectivity index (χ1v) is 5.16. The molecule has 0 aromatic heterocycles. The summed E-state index contributed by atoms with van der Waals surface area (Å²) in [5, 5.41) is 0. The van der Waals surface area contributed by atoms with E-state index in [1.165, 1.54) is 5.56 Å². The summed E-state index contributed by atoms with van der Waals surface area (Å²) in [5.41, 5.74) is 7.09. The number of rotatable bonds is 1. The molecule has 13 heavy (non-hydrogen) atoms. The molecule has 0 amide bonds. The Hall–Kier alpha value is -0.540. The molecule has 1 aromatic rings. The molecule has 0 spiro atoms. The van der Waals surface area contributed by atoms with Crippen molar-refractivity contribution in [1.29, 1.82) is 0 Å². The van der Waals surface area contributed by atoms with E-state index in [-0.39, 0.29) is 6.04 Å². The van der Waals surface area contributed by atoms with Crippen LogP contribution in [0, 0.1) is 0 Å². The van der Waals surface area contributed by atoms with E-state index >= 15 is 0 Å². The average Bonchev–Trinajstić information content (AvgIpc) is 2.48. The zero-order chi connectivity index (χ0) is 9.42. The molecule has 1 aliphatic rings. The lowest BCUT2D eigenvalue weighted by molar-refractivity contribution is 0.317. The Morgan fingerprint density at radius 3 is 3.08 bits per heavy atom. The molecule has 3 heteroatoms. The van der Waals surface area contributed by atoms with Crippen LogP contribution in [-0.2, 0) is 0 Å². The zero-order valence-corrected chi connectivity index (χ0v) is 9.04. The normalized spacial score (nSPS) is 22.2. The fourth-order valence-electron chi connectivity index (χ4n) is 1.67. The quantitative estimate of drug-likeness (QED) is 0.819. The number of fused-ring (bicyclic) bond motifs is 1. The molecule has 0 saturated carbocycles. The SMILES string of the molecule is CC(N)C1COc2c(Br)cccc21. The number of benzene rings is 1. The number of hydrogen-bond donors (Lipinski definition) is 1. The average molecular weight is 242 g/mol. The van der Waals surface area contributed by atoms with Crippen LogP contribution in [0.5, 0.6) is 5.75 Å². The lowest BCUT2D eigenvalue weighted by Crippen LogP contribution is -2.25. The van der Waals surface area contributed by atoms with Crippen LogP contribution in [-0.4, -0.2) is 12.6 Å². The minimum absolute atomic E-state index is 0.149. The van der Waals surface area contributed by atoms with Crippen molar-refractivity contribution in [2.24, 2.45) is 5.73 Å². The third-order valence-corrected chi connectivity index (χ3v) is 3.06. The molecular formula is C10H12BrNO. The maximum Gasteiger partial charge on any atom is 0.137 e. The second-order valence-electron chi connectivity index (χ2n) is 3.43. The summed E-state index contributed by atoms with van der Waals surface area (Å²) >= 11 is 3.46. The van der Waals surface area contributed by atoms with Crippen LogP contribution < -0.4 is 10.5 Å². The number of halogens is 1. The second-order valence-corrected chi connectivity index (χ2v) is 4.29. The molecule has 2 nitrogen and oxygen atoms in total. The third-order valence-electron chi connectivity index (χ3n) is 2.44. The fraction of sp³-hybridized carbons (Fsp3) is 0.400. The van der Waals surface area contributed by atoms with E-state index < -0.39 is 0 Å². The maximum atomic E-state index is 5.87. The van der Waals surface area contributed by atoms with E-state index in [2.05, 4.69) is 22.0 Å². The molecule has 70 valence electrons. The largest absolute Gasteiger partial charge is 0.491 e. The van der Waals surface area contributed by atoms with Crippen molar-refractivity contribution in [3.05, 3.63) is 28.2 Å². The minimum Gasteiger partial charge on any atom is -0.491 e. The maximum absolute atomic E-state index is 5.87. The van der Waals surface area contributed by atoms with Gasteiger partial charge in [-0.15, -0.1) is 0 Å². The molecule has 0 radical (unpaired) electrons. The summed E-state index contributed by atoms with van der Waals surface area (Å²) in [7, 11) is 0. The summed E-state index contributed by atoms with van der Waals surface area (Å²) in [6, 6.07) is 6.24. The fourth-order valence-corrected chi connectivity index (χ4v) is 2.16. The molecule has 1 aliphatic heterocycles. The highest BCUT2D eigenvalue weighted by atomic mass is 79.9. The molecule has 2 N–H and O–H groups in total. The van der Waals surface area contributed by atoms with Crippen LogP contribution in [0.3, 0.4) is 0 Å². The van der Waals surface area contributed by atoms with E-state index in [1.807, 2.05) is 19.1 Å². The van der Waals surface area contributed by atoms with Crippen molar-refractivity contribution >= 4 is 15.9 Å². The lowest BCUT2D eigenvalue weighted by atomic mass is 9.95. The molecule has 2 rings (SSSR count). The van der Waals surface area contributed by atoms with Crippen molar-refractivity contribution in [2.45, 2.75) is 18.9 Å². The van der Waals surface area contributed by atoms with E-state index in [0.29, 0.717) is 12.5 Å². The van der Waals surface area contributed by atoms with Crippen LogP contribution in [0.25, 0.3) is 0 Å². The highest BCUT2D eigenvalue weighted by molar-refractivity contribution is 9.10. The molecule has 0 bridgehead atoms. The van der Waals surface area contributed by atoms with Crippen LogP contribution >= 0.6 is 15.9 Å². The standard InChI is InChI=1S/C10H12BrNO/c1-6(12)8-5-13-10-7(8)3-2-4-9(10)11/h2-4,6,8H,5,12H2,1H3. The molecule has 0 aliphatic carbocycles. The van der Waals surface area contributed by atoms with Gasteiger partial charge in [0.1, 0.15) is 5.75 Å². The van der Waals surface area contributed by atoms with Gasteiger partial charge >= 0.3 is 0 Å². The van der Waals surface area contributed by atoms with Crippen LogP contribution in [0.15, 0.2) is 22.7 Å². The van der Waals surface area contributed by atoms with Gasteiger partial charge in [0.15, 0.2) is 0 Å². The van der Waals surface area contributed by atoms with Gasteiger partial charge < -0.3 is 10.5 Å². The van der Waals surface area contributed by atoms with E-state index in [4.69, 9.17) is 10.5 Å². The van der Waals surface area contributed by atoms with Gasteiger partial charge in [-0.3, -0.25) is 0 Å². The molecule has 1 heterocycles. The summed E-state index contributed by atoms with van der Waals surface area (Å²) in [5.74, 6) is 1.30. The lowest BCUT2D eigenvalue weighted by Gasteiger charge is -2.12. The minimum atomic E-state index is 0.149. The van der Waals surface area contributed by atoms with Gasteiger partial charge in [0.05, 0.1) is 11.1 Å². The van der Waals surface area contributed by atoms with Crippen molar-refractivity contribution < 1.29 is 4.74 Å². The van der Waals surface area contributed by atoms with Crippen LogP contribution in [0.1, 0.15) is 18.4 Å². The molecule has 1 aromatic carbocycles. The summed E-state index contributed by atoms with van der Waals surface area (Å²) in [6.07, 6.45) is 0. The van der Waals surface area contributed by atoms with Gasteiger partial charge in [-0.2, -0.15) is 0 Å². The summed E-state index contributed by atoms with van der Waals surface area (Å²) in [4.78, 5) is 0. The van der Waals surface area contributed by atoms with Crippen molar-refractivity contribution in [3.8, 4) is 5.75 Å². The van der Waals surface area contributed by atoms with Crippen LogP contribution in [0.2, 0.25) is 0 Å². The highest BCUT2D eigenvalue weighted by Crippen LogP contribution is 2.40. The molecule has 0 fully saturated rings. The van der Waals surface area contributed by atoms with Gasteiger partial charge in [-0.25, -0.2) is 0 Å². The first-order chi connectivity index (χ1) is 6.20. The van der Waals surface area contributed by atoms with Crippen molar-refractivity contribution in [3.63, 3.8) is 0 Å². The van der Waals surface area contributed by atoms with E-state index in [9.17, 15) is 0 Å². The Kier molecular flexibility index (Phi) is 2.30. The summed E-state index contributed by atoms with van der Waals surface area (Å²) < 4.78 is 6.60. The topological polar surface area (TPSA) is 35.2 Å². The number of ether oxygens (including phenoxy) is 1. The molecule has 2 unspecified atom stereocenters. The second kappa shape index (κ2) is 3.31. The smallest absolute Gasteiger partial charge is 0.137 e.